The summed E-state index contributed by atoms with van der Waals surface area (Å²) >= 11 is 0. The number of piperidine rings is 1. The highest BCUT2D eigenvalue weighted by atomic mass is 32.2. The minimum absolute atomic E-state index is 0.170. The maximum atomic E-state index is 12.5. The Labute approximate surface area is 157 Å². The Morgan fingerprint density at radius 3 is 2.65 bits per heavy atom. The monoisotopic (exact) mass is 381 g/mol. The van der Waals surface area contributed by atoms with E-state index >= 15 is 0 Å². The molecule has 7 heteroatoms. The van der Waals surface area contributed by atoms with Gasteiger partial charge in [-0.2, -0.15) is 4.31 Å². The first-order chi connectivity index (χ1) is 12.3. The third kappa shape index (κ3) is 6.07. The summed E-state index contributed by atoms with van der Waals surface area (Å²) in [7, 11) is -2.21. The molecule has 0 aliphatic carbocycles. The van der Waals surface area contributed by atoms with Gasteiger partial charge < -0.3 is 10.2 Å². The number of amides is 1. The van der Waals surface area contributed by atoms with Crippen molar-refractivity contribution in [1.82, 2.24) is 14.5 Å². The minimum Gasteiger partial charge on any atom is -0.355 e. The van der Waals surface area contributed by atoms with Crippen LogP contribution < -0.4 is 5.32 Å². The molecule has 0 bridgehead atoms. The first kappa shape index (κ1) is 20.9. The molecule has 1 N–H and O–H groups in total. The topological polar surface area (TPSA) is 69.7 Å². The molecular weight excluding hydrogens is 350 g/mol. The van der Waals surface area contributed by atoms with Gasteiger partial charge in [0.15, 0.2) is 0 Å². The van der Waals surface area contributed by atoms with Gasteiger partial charge in [-0.25, -0.2) is 8.42 Å². The van der Waals surface area contributed by atoms with E-state index in [1.54, 1.807) is 24.3 Å². The third-order valence-electron chi connectivity index (χ3n) is 4.81. The summed E-state index contributed by atoms with van der Waals surface area (Å²) in [6.45, 7) is 7.82. The third-order valence-corrected chi connectivity index (χ3v) is 6.63. The number of hydrogen-bond donors (Lipinski definition) is 1. The molecular formula is C19H31N3O3S. The molecule has 1 aromatic rings. The van der Waals surface area contributed by atoms with Crippen molar-refractivity contribution in [2.24, 2.45) is 5.92 Å². The number of carbonyl (C=O) groups excluding carboxylic acids is 1. The van der Waals surface area contributed by atoms with Crippen LogP contribution in [0.25, 0.3) is 0 Å². The number of benzene rings is 1. The molecule has 1 aliphatic rings. The number of sulfonamides is 1. The molecule has 0 saturated carbocycles. The lowest BCUT2D eigenvalue weighted by atomic mass is 10.0. The molecule has 146 valence electrons. The van der Waals surface area contributed by atoms with Gasteiger partial charge in [0.25, 0.3) is 0 Å². The molecule has 6 nitrogen and oxygen atoms in total. The Hall–Kier alpha value is -1.44. The maximum absolute atomic E-state index is 12.5. The molecule has 0 radical (unpaired) electrons. The van der Waals surface area contributed by atoms with Crippen LogP contribution in [0.4, 0.5) is 0 Å². The Morgan fingerprint density at radius 1 is 1.31 bits per heavy atom. The van der Waals surface area contributed by atoms with E-state index in [4.69, 9.17) is 0 Å². The van der Waals surface area contributed by atoms with Gasteiger partial charge in [-0.3, -0.25) is 4.79 Å². The van der Waals surface area contributed by atoms with E-state index in [0.29, 0.717) is 6.54 Å². The fourth-order valence-corrected chi connectivity index (χ4v) is 4.38. The predicted octanol–water partition coefficient (Wildman–Crippen LogP) is 1.85. The number of hydrogen-bond acceptors (Lipinski definition) is 4. The van der Waals surface area contributed by atoms with Crippen LogP contribution in [0.15, 0.2) is 29.2 Å². The van der Waals surface area contributed by atoms with Crippen LogP contribution >= 0.6 is 0 Å². The fourth-order valence-electron chi connectivity index (χ4n) is 3.25. The van der Waals surface area contributed by atoms with Crippen LogP contribution in [0.2, 0.25) is 0 Å². The Morgan fingerprint density at radius 2 is 2.00 bits per heavy atom. The number of nitrogens with one attached hydrogen (secondary N) is 1. The lowest BCUT2D eigenvalue weighted by Gasteiger charge is -2.30. The van der Waals surface area contributed by atoms with Gasteiger partial charge in [0.05, 0.1) is 11.4 Å². The average molecular weight is 382 g/mol. The SMILES string of the molecule is Cc1ccc(S(=O)(=O)N(C)CC(=O)NCCCN2CCC[C@@H](C)C2)cc1. The zero-order chi connectivity index (χ0) is 19.2. The normalized spacial score (nSPS) is 18.8. The smallest absolute Gasteiger partial charge is 0.243 e. The van der Waals surface area contributed by atoms with Gasteiger partial charge >= 0.3 is 0 Å². The fraction of sp³-hybridized carbons (Fsp3) is 0.632. The summed E-state index contributed by atoms with van der Waals surface area (Å²) in [5.41, 5.74) is 0.993. The zero-order valence-electron chi connectivity index (χ0n) is 16.1. The van der Waals surface area contributed by atoms with Crippen LogP contribution in [0.1, 0.15) is 31.7 Å². The molecule has 1 aliphatic heterocycles. The van der Waals surface area contributed by atoms with Crippen molar-refractivity contribution < 1.29 is 13.2 Å². The molecule has 2 rings (SSSR count). The highest BCUT2D eigenvalue weighted by Crippen LogP contribution is 2.16. The number of nitrogens with zero attached hydrogens (tertiary/aromatic N) is 2. The number of rotatable bonds is 8. The van der Waals surface area contributed by atoms with Crippen LogP contribution in [0.3, 0.4) is 0 Å². The highest BCUT2D eigenvalue weighted by molar-refractivity contribution is 7.89. The second-order valence-corrected chi connectivity index (χ2v) is 9.37. The first-order valence-electron chi connectivity index (χ1n) is 9.31. The number of likely N-dealkylation sites (tertiary alicyclic amines) is 1. The van der Waals surface area contributed by atoms with Crippen molar-refractivity contribution in [3.63, 3.8) is 0 Å². The van der Waals surface area contributed by atoms with Crippen molar-refractivity contribution in [1.29, 1.82) is 0 Å². The second-order valence-electron chi connectivity index (χ2n) is 7.33. The van der Waals surface area contributed by atoms with E-state index in [-0.39, 0.29) is 17.3 Å². The summed E-state index contributed by atoms with van der Waals surface area (Å²) in [4.78, 5) is 14.7. The zero-order valence-corrected chi connectivity index (χ0v) is 16.9. The molecule has 26 heavy (non-hydrogen) atoms. The molecule has 1 aromatic carbocycles. The van der Waals surface area contributed by atoms with Crippen LogP contribution in [-0.2, 0) is 14.8 Å². The second kappa shape index (κ2) is 9.48. The van der Waals surface area contributed by atoms with Crippen LogP contribution in [-0.4, -0.2) is 63.3 Å². The molecule has 1 heterocycles. The van der Waals surface area contributed by atoms with Gasteiger partial charge in [0, 0.05) is 20.1 Å². The predicted molar refractivity (Wildman–Crippen MR) is 103 cm³/mol. The van der Waals surface area contributed by atoms with E-state index < -0.39 is 10.0 Å². The average Bonchev–Trinajstić information content (AvgIpc) is 2.59. The number of likely N-dealkylation sites (N-methyl/N-ethyl adjacent to an activating group) is 1. The quantitative estimate of drug-likeness (QED) is 0.698. The summed E-state index contributed by atoms with van der Waals surface area (Å²) in [5.74, 6) is 0.481. The largest absolute Gasteiger partial charge is 0.355 e. The van der Waals surface area contributed by atoms with Crippen LogP contribution in [0.5, 0.6) is 0 Å². The van der Waals surface area contributed by atoms with E-state index in [2.05, 4.69) is 17.1 Å². The van der Waals surface area contributed by atoms with Crippen LogP contribution in [0, 0.1) is 12.8 Å². The standard InChI is InChI=1S/C19H31N3O3S/c1-16-7-9-18(10-8-16)26(24,25)21(3)15-19(23)20-11-5-13-22-12-4-6-17(2)14-22/h7-10,17H,4-6,11-15H2,1-3H3,(H,20,23)/t17-/m1/s1. The van der Waals surface area contributed by atoms with Crippen molar-refractivity contribution >= 4 is 15.9 Å². The van der Waals surface area contributed by atoms with Crippen molar-refractivity contribution in [3.8, 4) is 0 Å². The Kier molecular flexibility index (Phi) is 7.61. The van der Waals surface area contributed by atoms with Gasteiger partial charge in [-0.15, -0.1) is 0 Å². The van der Waals surface area contributed by atoms with Gasteiger partial charge in [0.2, 0.25) is 15.9 Å². The molecule has 1 saturated heterocycles. The maximum Gasteiger partial charge on any atom is 0.243 e. The summed E-state index contributed by atoms with van der Waals surface area (Å²) < 4.78 is 26.1. The molecule has 0 aromatic heterocycles. The molecule has 1 fully saturated rings. The molecule has 1 amide bonds. The van der Waals surface area contributed by atoms with Crippen molar-refractivity contribution in [2.45, 2.75) is 38.0 Å². The number of carbonyl (C=O) groups is 1. The molecule has 0 unspecified atom stereocenters. The Balaban J connectivity index is 1.73. The van der Waals surface area contributed by atoms with Gasteiger partial charge in [0.1, 0.15) is 0 Å². The lowest BCUT2D eigenvalue weighted by molar-refractivity contribution is -0.121. The molecule has 0 spiro atoms. The highest BCUT2D eigenvalue weighted by Gasteiger charge is 2.22. The summed E-state index contributed by atoms with van der Waals surface area (Å²) in [5, 5.41) is 2.83. The Bertz CT molecular complexity index is 688. The van der Waals surface area contributed by atoms with E-state index in [0.717, 1.165) is 41.8 Å². The first-order valence-corrected chi connectivity index (χ1v) is 10.7. The minimum atomic E-state index is -3.64. The lowest BCUT2D eigenvalue weighted by Crippen LogP contribution is -2.40. The van der Waals surface area contributed by atoms with Gasteiger partial charge in [-0.05, 0) is 57.3 Å². The van der Waals surface area contributed by atoms with Crippen molar-refractivity contribution in [3.05, 3.63) is 29.8 Å². The van der Waals surface area contributed by atoms with E-state index in [1.807, 2.05) is 6.92 Å². The summed E-state index contributed by atoms with van der Waals surface area (Å²) in [6, 6.07) is 6.64. The van der Waals surface area contributed by atoms with Gasteiger partial charge in [-0.1, -0.05) is 24.6 Å². The molecule has 1 atom stereocenters. The van der Waals surface area contributed by atoms with E-state index in [9.17, 15) is 13.2 Å². The van der Waals surface area contributed by atoms with Crippen molar-refractivity contribution in [2.75, 3.05) is 39.8 Å². The summed E-state index contributed by atoms with van der Waals surface area (Å²) in [6.07, 6.45) is 3.43. The van der Waals surface area contributed by atoms with E-state index in [1.165, 1.54) is 19.9 Å². The number of aryl methyl sites for hydroxylation is 1.